The summed E-state index contributed by atoms with van der Waals surface area (Å²) >= 11 is 0. The molecule has 1 aliphatic heterocycles. The van der Waals surface area contributed by atoms with Gasteiger partial charge in [0.2, 0.25) is 0 Å². The first kappa shape index (κ1) is 17.7. The molecule has 1 fully saturated rings. The summed E-state index contributed by atoms with van der Waals surface area (Å²) in [6.07, 6.45) is -2.38. The molecular weight excluding hydrogens is 313 g/mol. The minimum absolute atomic E-state index is 0.000213. The highest BCUT2D eigenvalue weighted by Gasteiger charge is 2.34. The number of halogens is 3. The lowest BCUT2D eigenvalue weighted by atomic mass is 10.2. The zero-order chi connectivity index (χ0) is 17.0. The molecule has 1 saturated heterocycles. The topological polar surface area (TPSA) is 60.5 Å². The van der Waals surface area contributed by atoms with Crippen LogP contribution in [0.4, 0.5) is 18.9 Å². The highest BCUT2D eigenvalue weighted by molar-refractivity contribution is 5.93. The van der Waals surface area contributed by atoms with Crippen LogP contribution < -0.4 is 5.32 Å². The summed E-state index contributed by atoms with van der Waals surface area (Å²) < 4.78 is 48.7. The van der Waals surface area contributed by atoms with Gasteiger partial charge in [-0.3, -0.25) is 4.79 Å². The average molecular weight is 332 g/mol. The summed E-state index contributed by atoms with van der Waals surface area (Å²) in [4.78, 5) is 15.4. The highest BCUT2D eigenvalue weighted by atomic mass is 19.4. The van der Waals surface area contributed by atoms with Crippen LogP contribution in [0.3, 0.4) is 0 Å². The Morgan fingerprint density at radius 2 is 2.30 bits per heavy atom. The van der Waals surface area contributed by atoms with Crippen LogP contribution in [-0.4, -0.2) is 36.3 Å². The molecular formula is C15H19F3N2O3. The Morgan fingerprint density at radius 3 is 2.87 bits per heavy atom. The lowest BCUT2D eigenvalue weighted by molar-refractivity contribution is -0.141. The van der Waals surface area contributed by atoms with Gasteiger partial charge in [0, 0.05) is 6.61 Å². The summed E-state index contributed by atoms with van der Waals surface area (Å²) in [6, 6.07) is 1.24. The molecule has 0 bridgehead atoms. The van der Waals surface area contributed by atoms with E-state index in [0.717, 1.165) is 19.0 Å². The Bertz CT molecular complexity index is 557. The van der Waals surface area contributed by atoms with E-state index in [0.29, 0.717) is 13.2 Å². The van der Waals surface area contributed by atoms with Gasteiger partial charge in [0.25, 0.3) is 5.91 Å². The fourth-order valence-corrected chi connectivity index (χ4v) is 2.29. The number of anilines is 1. The molecule has 1 aromatic heterocycles. The Kier molecular flexibility index (Phi) is 5.59. The predicted octanol–water partition coefficient (Wildman–Crippen LogP) is 2.93. The molecule has 128 valence electrons. The van der Waals surface area contributed by atoms with Crippen LogP contribution in [0.15, 0.2) is 12.3 Å². The number of ether oxygens (including phenoxy) is 2. The van der Waals surface area contributed by atoms with Gasteiger partial charge in [-0.1, -0.05) is 0 Å². The van der Waals surface area contributed by atoms with Crippen molar-refractivity contribution < 1.29 is 27.4 Å². The second kappa shape index (κ2) is 7.27. The summed E-state index contributed by atoms with van der Waals surface area (Å²) in [5, 5.41) is 2.50. The third kappa shape index (κ3) is 4.90. The van der Waals surface area contributed by atoms with E-state index in [9.17, 15) is 18.0 Å². The molecule has 0 aromatic carbocycles. The van der Waals surface area contributed by atoms with E-state index in [1.54, 1.807) is 6.92 Å². The molecule has 5 nitrogen and oxygen atoms in total. The normalized spacial score (nSPS) is 19.6. The highest BCUT2D eigenvalue weighted by Crippen LogP contribution is 2.30. The number of hydrogen-bond donors (Lipinski definition) is 1. The van der Waals surface area contributed by atoms with Crippen LogP contribution in [0.25, 0.3) is 0 Å². The predicted molar refractivity (Wildman–Crippen MR) is 77.0 cm³/mol. The molecule has 8 heteroatoms. The largest absolute Gasteiger partial charge is 0.433 e. The fraction of sp³-hybridized carbons (Fsp3) is 0.600. The fourth-order valence-electron chi connectivity index (χ4n) is 2.29. The van der Waals surface area contributed by atoms with Crippen LogP contribution in [0.1, 0.15) is 31.0 Å². The molecule has 2 heterocycles. The number of amides is 1. The second-order valence-electron chi connectivity index (χ2n) is 5.49. The van der Waals surface area contributed by atoms with Crippen LogP contribution >= 0.6 is 0 Å². The van der Waals surface area contributed by atoms with E-state index in [-0.39, 0.29) is 17.4 Å². The number of rotatable bonds is 5. The molecule has 0 radical (unpaired) electrons. The number of aromatic nitrogens is 1. The molecule has 1 aromatic rings. The maximum absolute atomic E-state index is 12.6. The zero-order valence-electron chi connectivity index (χ0n) is 12.9. The van der Waals surface area contributed by atoms with E-state index < -0.39 is 23.9 Å². The molecule has 2 rings (SSSR count). The third-order valence-electron chi connectivity index (χ3n) is 3.54. The van der Waals surface area contributed by atoms with Crippen molar-refractivity contribution in [2.75, 3.05) is 18.5 Å². The van der Waals surface area contributed by atoms with Gasteiger partial charge in [-0.05, 0) is 38.3 Å². The van der Waals surface area contributed by atoms with Gasteiger partial charge in [0.15, 0.2) is 0 Å². The summed E-state index contributed by atoms with van der Waals surface area (Å²) in [7, 11) is 0. The summed E-state index contributed by atoms with van der Waals surface area (Å²) in [6.45, 7) is 3.89. The molecule has 0 spiro atoms. The van der Waals surface area contributed by atoms with Crippen molar-refractivity contribution in [1.29, 1.82) is 0 Å². The van der Waals surface area contributed by atoms with E-state index in [1.807, 2.05) is 0 Å². The van der Waals surface area contributed by atoms with E-state index in [4.69, 9.17) is 9.47 Å². The first-order valence-corrected chi connectivity index (χ1v) is 7.35. The molecule has 0 saturated carbocycles. The van der Waals surface area contributed by atoms with Crippen molar-refractivity contribution in [1.82, 2.24) is 4.98 Å². The smallest absolute Gasteiger partial charge is 0.376 e. The minimum Gasteiger partial charge on any atom is -0.376 e. The second-order valence-corrected chi connectivity index (χ2v) is 5.49. The van der Waals surface area contributed by atoms with Gasteiger partial charge in [-0.25, -0.2) is 4.98 Å². The van der Waals surface area contributed by atoms with E-state index in [2.05, 4.69) is 10.3 Å². The quantitative estimate of drug-likeness (QED) is 0.901. The lowest BCUT2D eigenvalue weighted by Gasteiger charge is -2.16. The number of carbonyl (C=O) groups is 1. The SMILES string of the molecule is Cc1cc(NC(=O)C(C)OCC2CCCO2)cnc1C(F)(F)F. The maximum Gasteiger partial charge on any atom is 0.433 e. The number of carbonyl (C=O) groups excluding carboxylic acids is 1. The Balaban J connectivity index is 1.90. The van der Waals surface area contributed by atoms with Crippen molar-refractivity contribution in [2.24, 2.45) is 0 Å². The molecule has 23 heavy (non-hydrogen) atoms. The van der Waals surface area contributed by atoms with Gasteiger partial charge >= 0.3 is 6.18 Å². The van der Waals surface area contributed by atoms with E-state index >= 15 is 0 Å². The summed E-state index contributed by atoms with van der Waals surface area (Å²) in [5.41, 5.74) is -0.811. The first-order valence-electron chi connectivity index (χ1n) is 7.35. The number of alkyl halides is 3. The Hall–Kier alpha value is -1.67. The minimum atomic E-state index is -4.51. The van der Waals surface area contributed by atoms with Crippen molar-refractivity contribution in [3.05, 3.63) is 23.5 Å². The number of nitrogens with one attached hydrogen (secondary N) is 1. The van der Waals surface area contributed by atoms with E-state index in [1.165, 1.54) is 13.0 Å². The third-order valence-corrected chi connectivity index (χ3v) is 3.54. The molecule has 2 atom stereocenters. The molecule has 2 unspecified atom stereocenters. The monoisotopic (exact) mass is 332 g/mol. The van der Waals surface area contributed by atoms with Gasteiger partial charge in [0.1, 0.15) is 11.8 Å². The average Bonchev–Trinajstić information content (AvgIpc) is 2.96. The first-order chi connectivity index (χ1) is 10.8. The van der Waals surface area contributed by atoms with Gasteiger partial charge in [0.05, 0.1) is 24.6 Å². The van der Waals surface area contributed by atoms with Crippen LogP contribution in [-0.2, 0) is 20.4 Å². The van der Waals surface area contributed by atoms with Crippen LogP contribution in [0.2, 0.25) is 0 Å². The van der Waals surface area contributed by atoms with Crippen molar-refractivity contribution in [3.63, 3.8) is 0 Å². The Labute approximate surface area is 132 Å². The number of pyridine rings is 1. The molecule has 1 aliphatic rings. The lowest BCUT2D eigenvalue weighted by Crippen LogP contribution is -2.30. The van der Waals surface area contributed by atoms with Crippen molar-refractivity contribution in [3.8, 4) is 0 Å². The van der Waals surface area contributed by atoms with Gasteiger partial charge < -0.3 is 14.8 Å². The molecule has 0 aliphatic carbocycles. The number of nitrogens with zero attached hydrogens (tertiary/aromatic N) is 1. The zero-order valence-corrected chi connectivity index (χ0v) is 12.9. The maximum atomic E-state index is 12.6. The van der Waals surface area contributed by atoms with Crippen molar-refractivity contribution >= 4 is 11.6 Å². The Morgan fingerprint density at radius 1 is 1.57 bits per heavy atom. The standard InChI is InChI=1S/C15H19F3N2O3/c1-9-6-11(7-19-13(9)15(16,17)18)20-14(21)10(2)23-8-12-4-3-5-22-12/h6-7,10,12H,3-5,8H2,1-2H3,(H,20,21). The van der Waals surface area contributed by atoms with Crippen molar-refractivity contribution in [2.45, 2.75) is 45.1 Å². The van der Waals surface area contributed by atoms with Gasteiger partial charge in [-0.15, -0.1) is 0 Å². The van der Waals surface area contributed by atoms with Crippen LogP contribution in [0, 0.1) is 6.92 Å². The molecule has 1 N–H and O–H groups in total. The number of aryl methyl sites for hydroxylation is 1. The molecule has 1 amide bonds. The van der Waals surface area contributed by atoms with Crippen LogP contribution in [0.5, 0.6) is 0 Å². The summed E-state index contributed by atoms with van der Waals surface area (Å²) in [5.74, 6) is -0.441. The van der Waals surface area contributed by atoms with Gasteiger partial charge in [-0.2, -0.15) is 13.2 Å². The number of hydrogen-bond acceptors (Lipinski definition) is 4.